The molecule has 0 bridgehead atoms. The molecule has 1 amide bonds. The molecular formula is C26H25F3N6O. The van der Waals surface area contributed by atoms with Gasteiger partial charge < -0.3 is 10.6 Å². The lowest BCUT2D eigenvalue weighted by Crippen LogP contribution is -2.40. The Morgan fingerprint density at radius 1 is 1.03 bits per heavy atom. The van der Waals surface area contributed by atoms with Crippen molar-refractivity contribution in [2.24, 2.45) is 0 Å². The molecule has 36 heavy (non-hydrogen) atoms. The van der Waals surface area contributed by atoms with Gasteiger partial charge in [-0.05, 0) is 31.0 Å². The largest absolute Gasteiger partial charge is 0.417 e. The molecule has 7 nitrogen and oxygen atoms in total. The summed E-state index contributed by atoms with van der Waals surface area (Å²) in [4.78, 5) is 20.9. The first kappa shape index (κ1) is 23.8. The van der Waals surface area contributed by atoms with Gasteiger partial charge in [-0.15, -0.1) is 0 Å². The number of H-pyrrole nitrogens is 1. The Morgan fingerprint density at radius 3 is 2.58 bits per heavy atom. The van der Waals surface area contributed by atoms with Gasteiger partial charge in [-0.25, -0.2) is 9.97 Å². The quantitative estimate of drug-likeness (QED) is 0.319. The molecule has 0 spiro atoms. The van der Waals surface area contributed by atoms with Gasteiger partial charge in [0.1, 0.15) is 5.82 Å². The topological polar surface area (TPSA) is 95.6 Å². The number of nitrogens with zero attached hydrogens (tertiary/aromatic N) is 3. The summed E-state index contributed by atoms with van der Waals surface area (Å²) in [6.45, 7) is 1.46. The summed E-state index contributed by atoms with van der Waals surface area (Å²) >= 11 is 0. The van der Waals surface area contributed by atoms with Crippen LogP contribution in [0, 0.1) is 0 Å². The van der Waals surface area contributed by atoms with Crippen molar-refractivity contribution in [3.05, 3.63) is 65.9 Å². The third-order valence-electron chi connectivity index (χ3n) is 6.47. The van der Waals surface area contributed by atoms with Crippen molar-refractivity contribution in [1.29, 1.82) is 0 Å². The molecule has 2 atom stereocenters. The van der Waals surface area contributed by atoms with Crippen LogP contribution >= 0.6 is 0 Å². The number of aromatic amines is 1. The minimum atomic E-state index is -4.56. The number of amides is 1. The van der Waals surface area contributed by atoms with Crippen LogP contribution in [-0.2, 0) is 11.0 Å². The Balaban J connectivity index is 1.63. The molecule has 3 N–H and O–H groups in total. The SMILES string of the molecule is CC(=O)NC1CCCCC1c1cc(Nc2n[nH]c3ccccc23)nc(-c2ccccc2C(F)(F)F)n1. The predicted molar refractivity (Wildman–Crippen MR) is 131 cm³/mol. The standard InChI is InChI=1S/C26H25F3N6O/c1-15(36)30-20-12-6-3-9-17(20)22-14-23(33-25-18-10-4-7-13-21(18)34-35-25)32-24(31-22)16-8-2-5-11-19(16)26(27,28)29/h2,4-5,7-8,10-11,13-14,17,20H,3,6,9,12H2,1H3,(H,30,36)(H2,31,32,33,34,35). The fourth-order valence-electron chi connectivity index (χ4n) is 4.86. The zero-order valence-electron chi connectivity index (χ0n) is 19.6. The molecule has 1 aliphatic carbocycles. The summed E-state index contributed by atoms with van der Waals surface area (Å²) in [5, 5.41) is 14.2. The average Bonchev–Trinajstić information content (AvgIpc) is 3.26. The van der Waals surface area contributed by atoms with E-state index in [1.807, 2.05) is 24.3 Å². The third kappa shape index (κ3) is 4.89. The van der Waals surface area contributed by atoms with E-state index in [9.17, 15) is 18.0 Å². The molecule has 1 saturated carbocycles. The van der Waals surface area contributed by atoms with Gasteiger partial charge in [-0.3, -0.25) is 9.89 Å². The van der Waals surface area contributed by atoms with Gasteiger partial charge in [0.15, 0.2) is 11.6 Å². The van der Waals surface area contributed by atoms with Crippen molar-refractivity contribution in [3.8, 4) is 11.4 Å². The van der Waals surface area contributed by atoms with Gasteiger partial charge in [0.05, 0.1) is 16.8 Å². The summed E-state index contributed by atoms with van der Waals surface area (Å²) in [7, 11) is 0. The first-order valence-corrected chi connectivity index (χ1v) is 11.8. The first-order chi connectivity index (χ1) is 17.3. The minimum absolute atomic E-state index is 0.0325. The normalized spacial score (nSPS) is 18.2. The lowest BCUT2D eigenvalue weighted by atomic mass is 9.82. The molecule has 2 aromatic heterocycles. The molecule has 1 fully saturated rings. The van der Waals surface area contributed by atoms with Crippen LogP contribution in [0.2, 0.25) is 0 Å². The van der Waals surface area contributed by atoms with E-state index in [1.54, 1.807) is 6.07 Å². The van der Waals surface area contributed by atoms with Crippen LogP contribution in [0.25, 0.3) is 22.3 Å². The van der Waals surface area contributed by atoms with Crippen LogP contribution in [0.4, 0.5) is 24.8 Å². The Bertz CT molecular complexity index is 1400. The van der Waals surface area contributed by atoms with Crippen LogP contribution in [0.3, 0.4) is 0 Å². The van der Waals surface area contributed by atoms with Crippen molar-refractivity contribution in [2.75, 3.05) is 5.32 Å². The van der Waals surface area contributed by atoms with Crippen LogP contribution in [0.1, 0.15) is 49.8 Å². The molecule has 2 unspecified atom stereocenters. The van der Waals surface area contributed by atoms with E-state index in [-0.39, 0.29) is 29.3 Å². The number of rotatable bonds is 5. The lowest BCUT2D eigenvalue weighted by molar-refractivity contribution is -0.137. The van der Waals surface area contributed by atoms with Gasteiger partial charge in [-0.1, -0.05) is 43.2 Å². The number of halogens is 3. The van der Waals surface area contributed by atoms with E-state index in [0.29, 0.717) is 17.3 Å². The summed E-state index contributed by atoms with van der Waals surface area (Å²) < 4.78 is 41.5. The maximum atomic E-state index is 13.8. The number of fused-ring (bicyclic) bond motifs is 1. The molecule has 186 valence electrons. The molecule has 1 aliphatic rings. The molecule has 0 saturated heterocycles. The molecule has 2 aromatic carbocycles. The second kappa shape index (κ2) is 9.60. The highest BCUT2D eigenvalue weighted by atomic mass is 19.4. The molecule has 4 aromatic rings. The Kier molecular flexibility index (Phi) is 6.34. The molecule has 0 aliphatic heterocycles. The number of para-hydroxylation sites is 1. The molecule has 0 radical (unpaired) electrons. The van der Waals surface area contributed by atoms with E-state index < -0.39 is 11.7 Å². The van der Waals surface area contributed by atoms with Crippen LogP contribution in [-0.4, -0.2) is 32.1 Å². The van der Waals surface area contributed by atoms with E-state index in [4.69, 9.17) is 0 Å². The Morgan fingerprint density at radius 2 is 1.78 bits per heavy atom. The minimum Gasteiger partial charge on any atom is -0.353 e. The fourth-order valence-corrected chi connectivity index (χ4v) is 4.86. The Labute approximate surface area is 205 Å². The summed E-state index contributed by atoms with van der Waals surface area (Å²) in [5.41, 5.74) is 0.488. The van der Waals surface area contributed by atoms with Crippen LogP contribution < -0.4 is 10.6 Å². The number of hydrogen-bond acceptors (Lipinski definition) is 5. The monoisotopic (exact) mass is 494 g/mol. The number of anilines is 2. The van der Waals surface area contributed by atoms with Crippen LogP contribution in [0.15, 0.2) is 54.6 Å². The number of benzene rings is 2. The van der Waals surface area contributed by atoms with Gasteiger partial charge >= 0.3 is 6.18 Å². The number of nitrogens with one attached hydrogen (secondary N) is 3. The number of hydrogen-bond donors (Lipinski definition) is 3. The smallest absolute Gasteiger partial charge is 0.353 e. The number of alkyl halides is 3. The predicted octanol–water partition coefficient (Wildman–Crippen LogP) is 5.94. The maximum Gasteiger partial charge on any atom is 0.417 e. The van der Waals surface area contributed by atoms with Crippen LogP contribution in [0.5, 0.6) is 0 Å². The number of carbonyl (C=O) groups excluding carboxylic acids is 1. The van der Waals surface area contributed by atoms with Crippen molar-refractivity contribution < 1.29 is 18.0 Å². The second-order valence-electron chi connectivity index (χ2n) is 8.99. The van der Waals surface area contributed by atoms with Gasteiger partial charge in [-0.2, -0.15) is 18.3 Å². The highest BCUT2D eigenvalue weighted by molar-refractivity contribution is 5.91. The highest BCUT2D eigenvalue weighted by Crippen LogP contribution is 2.38. The molecular weight excluding hydrogens is 469 g/mol. The first-order valence-electron chi connectivity index (χ1n) is 11.8. The van der Waals surface area contributed by atoms with E-state index in [0.717, 1.165) is 42.7 Å². The van der Waals surface area contributed by atoms with E-state index >= 15 is 0 Å². The highest BCUT2D eigenvalue weighted by Gasteiger charge is 2.35. The molecule has 5 rings (SSSR count). The average molecular weight is 495 g/mol. The van der Waals surface area contributed by atoms with Gasteiger partial charge in [0.25, 0.3) is 0 Å². The van der Waals surface area contributed by atoms with Crippen molar-refractivity contribution in [1.82, 2.24) is 25.5 Å². The Hall–Kier alpha value is -3.95. The summed E-state index contributed by atoms with van der Waals surface area (Å²) in [6.07, 6.45) is -1.14. The number of aromatic nitrogens is 4. The fraction of sp³-hybridized carbons (Fsp3) is 0.308. The molecule has 10 heteroatoms. The summed E-state index contributed by atoms with van der Waals surface area (Å²) in [5.74, 6) is 0.502. The second-order valence-corrected chi connectivity index (χ2v) is 8.99. The maximum absolute atomic E-state index is 13.8. The molecule has 2 heterocycles. The zero-order valence-corrected chi connectivity index (χ0v) is 19.6. The summed E-state index contributed by atoms with van der Waals surface area (Å²) in [6, 6.07) is 14.4. The zero-order chi connectivity index (χ0) is 25.3. The lowest BCUT2D eigenvalue weighted by Gasteiger charge is -2.32. The van der Waals surface area contributed by atoms with E-state index in [1.165, 1.54) is 25.1 Å². The van der Waals surface area contributed by atoms with Crippen molar-refractivity contribution in [3.63, 3.8) is 0 Å². The number of carbonyl (C=O) groups is 1. The van der Waals surface area contributed by atoms with Gasteiger partial charge in [0, 0.05) is 35.9 Å². The van der Waals surface area contributed by atoms with E-state index in [2.05, 4.69) is 30.8 Å². The van der Waals surface area contributed by atoms with Crippen molar-refractivity contribution in [2.45, 2.75) is 50.7 Å². The third-order valence-corrected chi connectivity index (χ3v) is 6.47. The van der Waals surface area contributed by atoms with Crippen molar-refractivity contribution >= 4 is 28.4 Å². The van der Waals surface area contributed by atoms with Gasteiger partial charge in [0.2, 0.25) is 5.91 Å².